The van der Waals surface area contributed by atoms with E-state index in [9.17, 15) is 4.79 Å². The molecule has 0 aliphatic carbocycles. The van der Waals surface area contributed by atoms with Gasteiger partial charge in [0.15, 0.2) is 0 Å². The molecule has 0 aromatic heterocycles. The number of aryl methyl sites for hydroxylation is 2. The van der Waals surface area contributed by atoms with E-state index < -0.39 is 0 Å². The number of carbonyl (C=O) groups excluding carboxylic acids is 1. The van der Waals surface area contributed by atoms with Gasteiger partial charge in [0.05, 0.1) is 12.7 Å². The lowest BCUT2D eigenvalue weighted by atomic mass is 9.94. The van der Waals surface area contributed by atoms with Crippen LogP contribution in [0.5, 0.6) is 0 Å². The van der Waals surface area contributed by atoms with E-state index in [1.54, 1.807) is 0 Å². The van der Waals surface area contributed by atoms with Crippen LogP contribution in [-0.2, 0) is 9.53 Å². The normalized spacial score (nSPS) is 11.1. The van der Waals surface area contributed by atoms with Gasteiger partial charge in [-0.05, 0) is 38.3 Å². The minimum Gasteiger partial charge on any atom is -0.465 e. The standard InChI is InChI=1S/C15H20O2.C2H6/c1-6-11(3)14(15(16)17-5)13-9-10(2)7-8-12(13)4;1-2/h7-9H,6H2,1-5H3;1-2H3/b14-11+;. The summed E-state index contributed by atoms with van der Waals surface area (Å²) < 4.78 is 4.89. The monoisotopic (exact) mass is 262 g/mol. The molecule has 0 radical (unpaired) electrons. The van der Waals surface area contributed by atoms with E-state index in [1.807, 2.05) is 53.7 Å². The minimum atomic E-state index is -0.252. The van der Waals surface area contributed by atoms with Crippen molar-refractivity contribution in [3.63, 3.8) is 0 Å². The van der Waals surface area contributed by atoms with Crippen molar-refractivity contribution in [2.45, 2.75) is 48.0 Å². The molecule has 2 nitrogen and oxygen atoms in total. The molecule has 1 rings (SSSR count). The lowest BCUT2D eigenvalue weighted by Gasteiger charge is -2.13. The number of benzene rings is 1. The zero-order valence-electron chi connectivity index (χ0n) is 13.3. The summed E-state index contributed by atoms with van der Waals surface area (Å²) in [4.78, 5) is 11.9. The van der Waals surface area contributed by atoms with Gasteiger partial charge in [0, 0.05) is 0 Å². The van der Waals surface area contributed by atoms with Gasteiger partial charge in [-0.2, -0.15) is 0 Å². The molecule has 0 aliphatic heterocycles. The predicted molar refractivity (Wildman–Crippen MR) is 82.2 cm³/mol. The largest absolute Gasteiger partial charge is 0.465 e. The molecule has 0 N–H and O–H groups in total. The van der Waals surface area contributed by atoms with Crippen molar-refractivity contribution in [3.8, 4) is 0 Å². The third-order valence-corrected chi connectivity index (χ3v) is 3.01. The number of hydrogen-bond donors (Lipinski definition) is 0. The molecule has 0 atom stereocenters. The van der Waals surface area contributed by atoms with Gasteiger partial charge in [0.2, 0.25) is 0 Å². The Kier molecular flexibility index (Phi) is 7.81. The highest BCUT2D eigenvalue weighted by Crippen LogP contribution is 2.26. The highest BCUT2D eigenvalue weighted by atomic mass is 16.5. The lowest BCUT2D eigenvalue weighted by Crippen LogP contribution is -2.07. The maximum absolute atomic E-state index is 11.9. The van der Waals surface area contributed by atoms with Gasteiger partial charge in [-0.1, -0.05) is 50.1 Å². The number of carbonyl (C=O) groups is 1. The fourth-order valence-electron chi connectivity index (χ4n) is 1.80. The van der Waals surface area contributed by atoms with Crippen molar-refractivity contribution in [2.75, 3.05) is 7.11 Å². The summed E-state index contributed by atoms with van der Waals surface area (Å²) in [5, 5.41) is 0. The molecular weight excluding hydrogens is 236 g/mol. The summed E-state index contributed by atoms with van der Waals surface area (Å²) in [6, 6.07) is 6.13. The zero-order chi connectivity index (χ0) is 15.0. The molecule has 0 fully saturated rings. The van der Waals surface area contributed by atoms with Crippen LogP contribution in [0.15, 0.2) is 23.8 Å². The van der Waals surface area contributed by atoms with Gasteiger partial charge in [-0.25, -0.2) is 4.79 Å². The Balaban J connectivity index is 0.00000154. The Morgan fingerprint density at radius 2 is 1.79 bits per heavy atom. The molecule has 1 aromatic rings. The molecular formula is C17H26O2. The van der Waals surface area contributed by atoms with Gasteiger partial charge in [-0.3, -0.25) is 0 Å². The molecule has 0 saturated heterocycles. The van der Waals surface area contributed by atoms with Gasteiger partial charge in [0.25, 0.3) is 0 Å². The first-order valence-corrected chi connectivity index (χ1v) is 6.87. The highest BCUT2D eigenvalue weighted by Gasteiger charge is 2.17. The van der Waals surface area contributed by atoms with Crippen molar-refractivity contribution in [1.82, 2.24) is 0 Å². The summed E-state index contributed by atoms with van der Waals surface area (Å²) in [6.07, 6.45) is 0.845. The Labute approximate surface area is 117 Å². The van der Waals surface area contributed by atoms with Crippen LogP contribution in [-0.4, -0.2) is 13.1 Å². The predicted octanol–water partition coefficient (Wildman–Crippen LogP) is 4.69. The Hall–Kier alpha value is -1.57. The number of methoxy groups -OCH3 is 1. The van der Waals surface area contributed by atoms with Gasteiger partial charge >= 0.3 is 5.97 Å². The van der Waals surface area contributed by atoms with Crippen molar-refractivity contribution < 1.29 is 9.53 Å². The average molecular weight is 262 g/mol. The van der Waals surface area contributed by atoms with Crippen LogP contribution in [0.2, 0.25) is 0 Å². The molecule has 0 spiro atoms. The number of esters is 1. The summed E-state index contributed by atoms with van der Waals surface area (Å²) in [5.41, 5.74) is 5.00. The summed E-state index contributed by atoms with van der Waals surface area (Å²) in [6.45, 7) is 12.1. The molecule has 0 heterocycles. The number of allylic oxidation sites excluding steroid dienone is 1. The van der Waals surface area contributed by atoms with E-state index in [4.69, 9.17) is 4.74 Å². The number of ether oxygens (including phenoxy) is 1. The topological polar surface area (TPSA) is 26.3 Å². The third kappa shape index (κ3) is 4.55. The zero-order valence-corrected chi connectivity index (χ0v) is 13.3. The summed E-state index contributed by atoms with van der Waals surface area (Å²) >= 11 is 0. The van der Waals surface area contributed by atoms with Crippen LogP contribution in [0.4, 0.5) is 0 Å². The SMILES string of the molecule is CC.CC/C(C)=C(/C(=O)OC)c1cc(C)ccc1C. The molecule has 0 unspecified atom stereocenters. The van der Waals surface area contributed by atoms with Crippen LogP contribution in [0, 0.1) is 13.8 Å². The Morgan fingerprint density at radius 3 is 2.26 bits per heavy atom. The quantitative estimate of drug-likeness (QED) is 0.583. The van der Waals surface area contributed by atoms with Gasteiger partial charge in [-0.15, -0.1) is 0 Å². The first-order chi connectivity index (χ1) is 9.01. The van der Waals surface area contributed by atoms with E-state index in [-0.39, 0.29) is 5.97 Å². The molecule has 19 heavy (non-hydrogen) atoms. The van der Waals surface area contributed by atoms with E-state index in [2.05, 4.69) is 6.07 Å². The van der Waals surface area contributed by atoms with E-state index >= 15 is 0 Å². The lowest BCUT2D eigenvalue weighted by molar-refractivity contribution is -0.133. The first-order valence-electron chi connectivity index (χ1n) is 6.87. The molecule has 0 bridgehead atoms. The molecule has 106 valence electrons. The van der Waals surface area contributed by atoms with Crippen LogP contribution < -0.4 is 0 Å². The minimum absolute atomic E-state index is 0.252. The summed E-state index contributed by atoms with van der Waals surface area (Å²) in [7, 11) is 1.43. The first kappa shape index (κ1) is 17.4. The van der Waals surface area contributed by atoms with Crippen molar-refractivity contribution in [3.05, 3.63) is 40.5 Å². The smallest absolute Gasteiger partial charge is 0.338 e. The summed E-state index contributed by atoms with van der Waals surface area (Å²) in [5.74, 6) is -0.252. The molecule has 1 aromatic carbocycles. The maximum Gasteiger partial charge on any atom is 0.338 e. The number of rotatable bonds is 3. The highest BCUT2D eigenvalue weighted by molar-refractivity contribution is 6.17. The number of hydrogen-bond acceptors (Lipinski definition) is 2. The van der Waals surface area contributed by atoms with Gasteiger partial charge < -0.3 is 4.74 Å². The van der Waals surface area contributed by atoms with Crippen LogP contribution in [0.3, 0.4) is 0 Å². The van der Waals surface area contributed by atoms with E-state index in [1.165, 1.54) is 7.11 Å². The van der Waals surface area contributed by atoms with E-state index in [0.29, 0.717) is 5.57 Å². The third-order valence-electron chi connectivity index (χ3n) is 3.01. The van der Waals surface area contributed by atoms with Crippen LogP contribution >= 0.6 is 0 Å². The second-order valence-electron chi connectivity index (χ2n) is 4.32. The Bertz CT molecular complexity index is 456. The Morgan fingerprint density at radius 1 is 1.21 bits per heavy atom. The fourth-order valence-corrected chi connectivity index (χ4v) is 1.80. The maximum atomic E-state index is 11.9. The molecule has 2 heteroatoms. The van der Waals surface area contributed by atoms with Crippen molar-refractivity contribution >= 4 is 11.5 Å². The molecule has 0 saturated carbocycles. The fraction of sp³-hybridized carbons (Fsp3) is 0.471. The molecule has 0 amide bonds. The average Bonchev–Trinajstić information content (AvgIpc) is 2.44. The second-order valence-corrected chi connectivity index (χ2v) is 4.32. The van der Waals surface area contributed by atoms with E-state index in [0.717, 1.165) is 28.7 Å². The van der Waals surface area contributed by atoms with Crippen molar-refractivity contribution in [1.29, 1.82) is 0 Å². The van der Waals surface area contributed by atoms with Gasteiger partial charge in [0.1, 0.15) is 0 Å². The van der Waals surface area contributed by atoms with Crippen molar-refractivity contribution in [2.24, 2.45) is 0 Å². The van der Waals surface area contributed by atoms with Crippen LogP contribution in [0.1, 0.15) is 50.8 Å². The van der Waals surface area contributed by atoms with Crippen LogP contribution in [0.25, 0.3) is 5.57 Å². The molecule has 0 aliphatic rings. The second kappa shape index (κ2) is 8.52.